The third kappa shape index (κ3) is 3.87. The van der Waals surface area contributed by atoms with E-state index in [9.17, 15) is 14.4 Å². The summed E-state index contributed by atoms with van der Waals surface area (Å²) in [7, 11) is 0. The summed E-state index contributed by atoms with van der Waals surface area (Å²) in [4.78, 5) is 36.2. The molecule has 0 saturated heterocycles. The van der Waals surface area contributed by atoms with E-state index in [-0.39, 0.29) is 24.9 Å². The lowest BCUT2D eigenvalue weighted by Gasteiger charge is -2.24. The summed E-state index contributed by atoms with van der Waals surface area (Å²) >= 11 is 5.99. The lowest BCUT2D eigenvalue weighted by Crippen LogP contribution is -2.31. The summed E-state index contributed by atoms with van der Waals surface area (Å²) in [6.07, 6.45) is 1.44. The van der Waals surface area contributed by atoms with Gasteiger partial charge in [-0.2, -0.15) is 0 Å². The van der Waals surface area contributed by atoms with E-state index in [4.69, 9.17) is 21.1 Å². The highest BCUT2D eigenvalue weighted by atomic mass is 35.5. The fourth-order valence-corrected chi connectivity index (χ4v) is 3.60. The van der Waals surface area contributed by atoms with E-state index in [0.29, 0.717) is 35.6 Å². The van der Waals surface area contributed by atoms with Crippen LogP contribution in [0.5, 0.6) is 5.75 Å². The summed E-state index contributed by atoms with van der Waals surface area (Å²) in [6.45, 7) is -0.122. The fraction of sp³-hybridized carbons (Fsp3) is 0.286. The van der Waals surface area contributed by atoms with E-state index in [0.717, 1.165) is 16.8 Å². The van der Waals surface area contributed by atoms with Gasteiger partial charge in [-0.1, -0.05) is 11.6 Å². The predicted molar refractivity (Wildman–Crippen MR) is 103 cm³/mol. The van der Waals surface area contributed by atoms with Crippen molar-refractivity contribution in [2.45, 2.75) is 19.3 Å². The van der Waals surface area contributed by atoms with Crippen LogP contribution in [0.25, 0.3) is 0 Å². The van der Waals surface area contributed by atoms with E-state index in [1.54, 1.807) is 36.4 Å². The molecule has 0 radical (unpaired) electrons. The van der Waals surface area contributed by atoms with E-state index in [2.05, 4.69) is 5.32 Å². The molecule has 0 unspecified atom stereocenters. The molecular formula is C21H18ClNO5. The average molecular weight is 400 g/mol. The smallest absolute Gasteiger partial charge is 0.313 e. The number of aryl methyl sites for hydroxylation is 1. The number of esters is 1. The van der Waals surface area contributed by atoms with E-state index < -0.39 is 11.9 Å². The second-order valence-electron chi connectivity index (χ2n) is 6.92. The van der Waals surface area contributed by atoms with E-state index in [1.165, 1.54) is 0 Å². The molecule has 0 bridgehead atoms. The van der Waals surface area contributed by atoms with Crippen LogP contribution in [0.4, 0.5) is 5.69 Å². The van der Waals surface area contributed by atoms with Crippen molar-refractivity contribution in [2.75, 3.05) is 18.5 Å². The normalized spacial score (nSPS) is 17.6. The number of hydrogen-bond donors (Lipinski definition) is 1. The van der Waals surface area contributed by atoms with Crippen LogP contribution in [-0.2, 0) is 27.2 Å². The van der Waals surface area contributed by atoms with Crippen molar-refractivity contribution in [3.05, 3.63) is 58.1 Å². The minimum absolute atomic E-state index is 0.0296. The first-order valence-corrected chi connectivity index (χ1v) is 9.41. The predicted octanol–water partition coefficient (Wildman–Crippen LogP) is 3.20. The number of anilines is 1. The van der Waals surface area contributed by atoms with Gasteiger partial charge in [-0.15, -0.1) is 0 Å². The largest absolute Gasteiger partial charge is 0.492 e. The maximum Gasteiger partial charge on any atom is 0.313 e. The summed E-state index contributed by atoms with van der Waals surface area (Å²) in [6, 6.07) is 10.4. The molecule has 2 aromatic carbocycles. The van der Waals surface area contributed by atoms with Gasteiger partial charge >= 0.3 is 5.97 Å². The highest BCUT2D eigenvalue weighted by Gasteiger charge is 2.28. The maximum absolute atomic E-state index is 12.4. The van der Waals surface area contributed by atoms with Crippen LogP contribution >= 0.6 is 11.6 Å². The van der Waals surface area contributed by atoms with Gasteiger partial charge in [0.1, 0.15) is 12.4 Å². The van der Waals surface area contributed by atoms with Gasteiger partial charge in [0, 0.05) is 22.7 Å². The quantitative estimate of drug-likeness (QED) is 0.630. The Hall–Kier alpha value is -2.86. The number of ether oxygens (including phenoxy) is 2. The molecule has 1 atom stereocenters. The van der Waals surface area contributed by atoms with Gasteiger partial charge < -0.3 is 14.8 Å². The Kier molecular flexibility index (Phi) is 5.05. The van der Waals surface area contributed by atoms with Crippen molar-refractivity contribution < 1.29 is 23.9 Å². The Balaban J connectivity index is 1.36. The minimum atomic E-state index is -0.475. The summed E-state index contributed by atoms with van der Waals surface area (Å²) in [5, 5.41) is 3.35. The first-order chi connectivity index (χ1) is 13.5. The molecule has 4 rings (SSSR count). The summed E-state index contributed by atoms with van der Waals surface area (Å²) in [5.41, 5.74) is 2.94. The van der Waals surface area contributed by atoms with Gasteiger partial charge in [-0.3, -0.25) is 14.4 Å². The van der Waals surface area contributed by atoms with Gasteiger partial charge in [-0.25, -0.2) is 0 Å². The molecule has 6 nitrogen and oxygen atoms in total. The molecule has 1 amide bonds. The van der Waals surface area contributed by atoms with Crippen LogP contribution in [-0.4, -0.2) is 30.9 Å². The molecule has 1 N–H and O–H groups in total. The molecule has 2 heterocycles. The van der Waals surface area contributed by atoms with Crippen LogP contribution in [0.3, 0.4) is 0 Å². The SMILES string of the molecule is O=C1CCc2cc(C(=O)COC(=O)[C@@H]3COc4ccc(Cl)cc4C3)ccc2N1. The lowest BCUT2D eigenvalue weighted by atomic mass is 9.97. The summed E-state index contributed by atoms with van der Waals surface area (Å²) in [5.74, 6) is -0.543. The van der Waals surface area contributed by atoms with E-state index >= 15 is 0 Å². The number of rotatable bonds is 4. The van der Waals surface area contributed by atoms with Crippen molar-refractivity contribution in [3.63, 3.8) is 0 Å². The number of nitrogens with one attached hydrogen (secondary N) is 1. The molecule has 2 aliphatic rings. The van der Waals surface area contributed by atoms with Crippen molar-refractivity contribution >= 4 is 34.9 Å². The number of Topliss-reactive ketones (excluding diaryl/α,β-unsaturated/α-hetero) is 1. The Labute approximate surface area is 166 Å². The third-order valence-electron chi connectivity index (χ3n) is 4.93. The first-order valence-electron chi connectivity index (χ1n) is 9.03. The molecule has 0 spiro atoms. The molecule has 0 aromatic heterocycles. The second-order valence-corrected chi connectivity index (χ2v) is 7.35. The van der Waals surface area contributed by atoms with Crippen LogP contribution < -0.4 is 10.1 Å². The van der Waals surface area contributed by atoms with Crippen LogP contribution in [0.1, 0.15) is 27.9 Å². The van der Waals surface area contributed by atoms with Crippen LogP contribution in [0.15, 0.2) is 36.4 Å². The van der Waals surface area contributed by atoms with Gasteiger partial charge in [0.2, 0.25) is 5.91 Å². The molecule has 144 valence electrons. The highest BCUT2D eigenvalue weighted by molar-refractivity contribution is 6.30. The van der Waals surface area contributed by atoms with E-state index in [1.807, 2.05) is 0 Å². The fourth-order valence-electron chi connectivity index (χ4n) is 3.41. The Morgan fingerprint density at radius 1 is 1.14 bits per heavy atom. The number of hydrogen-bond acceptors (Lipinski definition) is 5. The zero-order valence-corrected chi connectivity index (χ0v) is 15.8. The lowest BCUT2D eigenvalue weighted by molar-refractivity contribution is -0.148. The Morgan fingerprint density at radius 3 is 2.86 bits per heavy atom. The van der Waals surface area contributed by atoms with Crippen molar-refractivity contribution in [3.8, 4) is 5.75 Å². The monoisotopic (exact) mass is 399 g/mol. The Bertz CT molecular complexity index is 971. The zero-order valence-electron chi connectivity index (χ0n) is 15.0. The average Bonchev–Trinajstić information content (AvgIpc) is 2.70. The van der Waals surface area contributed by atoms with Gasteiger partial charge in [0.05, 0.1) is 5.92 Å². The maximum atomic E-state index is 12.4. The van der Waals surface area contributed by atoms with Gasteiger partial charge in [0.15, 0.2) is 12.4 Å². The first kappa shape index (κ1) is 18.5. The highest BCUT2D eigenvalue weighted by Crippen LogP contribution is 2.30. The van der Waals surface area contributed by atoms with Crippen LogP contribution in [0, 0.1) is 5.92 Å². The van der Waals surface area contributed by atoms with Crippen molar-refractivity contribution in [1.29, 1.82) is 0 Å². The Morgan fingerprint density at radius 2 is 2.00 bits per heavy atom. The number of fused-ring (bicyclic) bond motifs is 2. The second kappa shape index (κ2) is 7.64. The molecular weight excluding hydrogens is 382 g/mol. The van der Waals surface area contributed by atoms with Crippen LogP contribution in [0.2, 0.25) is 5.02 Å². The third-order valence-corrected chi connectivity index (χ3v) is 5.17. The summed E-state index contributed by atoms with van der Waals surface area (Å²) < 4.78 is 10.8. The standard InChI is InChI=1S/C21H18ClNO5/c22-16-3-5-19-14(9-16)8-15(10-27-19)21(26)28-11-18(24)13-1-4-17-12(7-13)2-6-20(25)23-17/h1,3-5,7,9,15H,2,6,8,10-11H2,(H,23,25)/t15-/m0/s1. The number of halogens is 1. The minimum Gasteiger partial charge on any atom is -0.492 e. The van der Waals surface area contributed by atoms with Crippen molar-refractivity contribution in [2.24, 2.45) is 5.92 Å². The molecule has 2 aromatic rings. The molecule has 2 aliphatic heterocycles. The van der Waals surface area contributed by atoms with Crippen molar-refractivity contribution in [1.82, 2.24) is 0 Å². The number of ketones is 1. The number of benzene rings is 2. The molecule has 28 heavy (non-hydrogen) atoms. The molecule has 0 aliphatic carbocycles. The number of carbonyl (C=O) groups excluding carboxylic acids is 3. The molecule has 0 fully saturated rings. The number of amides is 1. The van der Waals surface area contributed by atoms with Gasteiger partial charge in [0.25, 0.3) is 0 Å². The van der Waals surface area contributed by atoms with Gasteiger partial charge in [-0.05, 0) is 60.4 Å². The number of carbonyl (C=O) groups is 3. The molecule has 7 heteroatoms. The molecule has 0 saturated carbocycles. The topological polar surface area (TPSA) is 81.7 Å². The zero-order chi connectivity index (χ0) is 19.7.